The normalized spacial score (nSPS) is 18.6. The van der Waals surface area contributed by atoms with E-state index < -0.39 is 0 Å². The van der Waals surface area contributed by atoms with E-state index in [0.29, 0.717) is 30.5 Å². The maximum atomic E-state index is 11.7. The predicted octanol–water partition coefficient (Wildman–Crippen LogP) is 1.24. The van der Waals surface area contributed by atoms with Gasteiger partial charge < -0.3 is 15.2 Å². The number of aryl methyl sites for hydroxylation is 1. The fourth-order valence-corrected chi connectivity index (χ4v) is 2.29. The number of hydrogen-bond donors (Lipinski definition) is 2. The van der Waals surface area contributed by atoms with E-state index in [4.69, 9.17) is 4.52 Å². The van der Waals surface area contributed by atoms with Crippen LogP contribution < -0.4 is 10.6 Å². The van der Waals surface area contributed by atoms with Crippen molar-refractivity contribution in [1.29, 1.82) is 0 Å². The van der Waals surface area contributed by atoms with E-state index in [9.17, 15) is 4.79 Å². The van der Waals surface area contributed by atoms with Gasteiger partial charge in [0.05, 0.1) is 0 Å². The Bertz CT molecular complexity index is 425. The molecule has 6 nitrogen and oxygen atoms in total. The lowest BCUT2D eigenvalue weighted by Crippen LogP contribution is -2.26. The molecule has 1 aliphatic rings. The van der Waals surface area contributed by atoms with Crippen molar-refractivity contribution in [2.24, 2.45) is 5.92 Å². The van der Waals surface area contributed by atoms with Gasteiger partial charge in [-0.2, -0.15) is 4.98 Å². The van der Waals surface area contributed by atoms with Gasteiger partial charge in [-0.3, -0.25) is 4.79 Å². The number of nitrogens with one attached hydrogen (secondary N) is 2. The average Bonchev–Trinajstić information content (AvgIpc) is 3.07. The van der Waals surface area contributed by atoms with Gasteiger partial charge in [0.1, 0.15) is 0 Å². The van der Waals surface area contributed by atoms with Crippen LogP contribution in [0.1, 0.15) is 50.7 Å². The molecule has 1 atom stereocenters. The summed E-state index contributed by atoms with van der Waals surface area (Å²) in [5.74, 6) is 2.26. The summed E-state index contributed by atoms with van der Waals surface area (Å²) in [4.78, 5) is 16.0. The summed E-state index contributed by atoms with van der Waals surface area (Å²) in [5, 5.41) is 10.2. The van der Waals surface area contributed by atoms with Crippen LogP contribution in [-0.4, -0.2) is 35.7 Å². The Morgan fingerprint density at radius 2 is 2.40 bits per heavy atom. The lowest BCUT2D eigenvalue weighted by molar-refractivity contribution is -0.121. The maximum Gasteiger partial charge on any atom is 0.227 e. The molecule has 0 aliphatic carbocycles. The van der Waals surface area contributed by atoms with Crippen LogP contribution in [0.2, 0.25) is 0 Å². The lowest BCUT2D eigenvalue weighted by Gasteiger charge is -2.08. The molecule has 1 aliphatic heterocycles. The van der Waals surface area contributed by atoms with Crippen LogP contribution in [0.3, 0.4) is 0 Å². The zero-order valence-corrected chi connectivity index (χ0v) is 12.3. The highest BCUT2D eigenvalue weighted by Crippen LogP contribution is 2.11. The summed E-state index contributed by atoms with van der Waals surface area (Å²) in [7, 11) is 0. The van der Waals surface area contributed by atoms with Crippen LogP contribution >= 0.6 is 0 Å². The third kappa shape index (κ3) is 4.59. The van der Waals surface area contributed by atoms with E-state index in [1.54, 1.807) is 0 Å². The Morgan fingerprint density at radius 3 is 3.05 bits per heavy atom. The van der Waals surface area contributed by atoms with E-state index in [-0.39, 0.29) is 11.8 Å². The second-order valence-corrected chi connectivity index (χ2v) is 5.70. The monoisotopic (exact) mass is 280 g/mol. The van der Waals surface area contributed by atoms with Gasteiger partial charge in [-0.15, -0.1) is 0 Å². The van der Waals surface area contributed by atoms with Crippen LogP contribution in [0.15, 0.2) is 4.52 Å². The molecule has 1 unspecified atom stereocenters. The molecule has 0 saturated carbocycles. The highest BCUT2D eigenvalue weighted by atomic mass is 16.5. The number of carbonyl (C=O) groups excluding carboxylic acids is 1. The number of hydrogen-bond acceptors (Lipinski definition) is 5. The largest absolute Gasteiger partial charge is 0.356 e. The quantitative estimate of drug-likeness (QED) is 0.785. The highest BCUT2D eigenvalue weighted by molar-refractivity contribution is 5.75. The first-order chi connectivity index (χ1) is 9.65. The molecule has 2 heterocycles. The topological polar surface area (TPSA) is 80.0 Å². The predicted molar refractivity (Wildman–Crippen MR) is 75.3 cm³/mol. The summed E-state index contributed by atoms with van der Waals surface area (Å²) < 4.78 is 5.11. The van der Waals surface area contributed by atoms with Crippen molar-refractivity contribution in [2.75, 3.05) is 19.6 Å². The summed E-state index contributed by atoms with van der Waals surface area (Å²) in [6.45, 7) is 6.97. The second kappa shape index (κ2) is 7.38. The standard InChI is InChI=1S/C14H24N4O2/c1-10(2)14-17-13(20-18-14)4-3-12(19)16-8-6-11-5-7-15-9-11/h10-11,15H,3-9H2,1-2H3,(H,16,19). The summed E-state index contributed by atoms with van der Waals surface area (Å²) in [6, 6.07) is 0. The smallest absolute Gasteiger partial charge is 0.227 e. The first kappa shape index (κ1) is 15.0. The van der Waals surface area contributed by atoms with Gasteiger partial charge in [0, 0.05) is 25.3 Å². The van der Waals surface area contributed by atoms with Crippen molar-refractivity contribution in [3.05, 3.63) is 11.7 Å². The van der Waals surface area contributed by atoms with Crippen molar-refractivity contribution in [3.63, 3.8) is 0 Å². The highest BCUT2D eigenvalue weighted by Gasteiger charge is 2.14. The van der Waals surface area contributed by atoms with Gasteiger partial charge in [0.25, 0.3) is 0 Å². The van der Waals surface area contributed by atoms with E-state index in [0.717, 1.165) is 26.1 Å². The number of amides is 1. The molecule has 1 saturated heterocycles. The van der Waals surface area contributed by atoms with Gasteiger partial charge in [-0.05, 0) is 31.8 Å². The van der Waals surface area contributed by atoms with Crippen LogP contribution in [-0.2, 0) is 11.2 Å². The molecule has 2 rings (SSSR count). The van der Waals surface area contributed by atoms with Crippen LogP contribution in [0, 0.1) is 5.92 Å². The third-order valence-corrected chi connectivity index (χ3v) is 3.60. The van der Waals surface area contributed by atoms with Gasteiger partial charge in [-0.1, -0.05) is 19.0 Å². The van der Waals surface area contributed by atoms with Gasteiger partial charge >= 0.3 is 0 Å². The Balaban J connectivity index is 1.61. The molecule has 2 N–H and O–H groups in total. The summed E-state index contributed by atoms with van der Waals surface area (Å²) >= 11 is 0. The fraction of sp³-hybridized carbons (Fsp3) is 0.786. The van der Waals surface area contributed by atoms with E-state index in [1.807, 2.05) is 13.8 Å². The van der Waals surface area contributed by atoms with Crippen molar-refractivity contribution >= 4 is 5.91 Å². The van der Waals surface area contributed by atoms with Crippen LogP contribution in [0.25, 0.3) is 0 Å². The number of rotatable bonds is 7. The minimum Gasteiger partial charge on any atom is -0.356 e. The number of nitrogens with zero attached hydrogens (tertiary/aromatic N) is 2. The molecule has 6 heteroatoms. The van der Waals surface area contributed by atoms with Gasteiger partial charge in [0.2, 0.25) is 11.8 Å². The SMILES string of the molecule is CC(C)c1noc(CCC(=O)NCCC2CCNC2)n1. The fourth-order valence-electron chi connectivity index (χ4n) is 2.29. The van der Waals surface area contributed by atoms with Gasteiger partial charge in [0.15, 0.2) is 5.82 Å². The first-order valence-corrected chi connectivity index (χ1v) is 7.45. The molecule has 112 valence electrons. The third-order valence-electron chi connectivity index (χ3n) is 3.60. The lowest BCUT2D eigenvalue weighted by atomic mass is 10.1. The van der Waals surface area contributed by atoms with Crippen molar-refractivity contribution in [2.45, 2.75) is 45.4 Å². The average molecular weight is 280 g/mol. The minimum absolute atomic E-state index is 0.0558. The molecule has 0 aromatic carbocycles. The van der Waals surface area contributed by atoms with Crippen LogP contribution in [0.4, 0.5) is 0 Å². The minimum atomic E-state index is 0.0558. The zero-order valence-electron chi connectivity index (χ0n) is 12.3. The summed E-state index contributed by atoms with van der Waals surface area (Å²) in [5.41, 5.74) is 0. The number of aromatic nitrogens is 2. The van der Waals surface area contributed by atoms with Crippen molar-refractivity contribution in [3.8, 4) is 0 Å². The molecule has 1 fully saturated rings. The Morgan fingerprint density at radius 1 is 1.55 bits per heavy atom. The molecule has 0 spiro atoms. The zero-order chi connectivity index (χ0) is 14.4. The van der Waals surface area contributed by atoms with E-state index in [1.165, 1.54) is 6.42 Å². The second-order valence-electron chi connectivity index (χ2n) is 5.70. The van der Waals surface area contributed by atoms with Crippen molar-refractivity contribution < 1.29 is 9.32 Å². The molecular weight excluding hydrogens is 256 g/mol. The molecule has 1 aromatic rings. The van der Waals surface area contributed by atoms with E-state index in [2.05, 4.69) is 20.8 Å². The Labute approximate surface area is 119 Å². The Kier molecular flexibility index (Phi) is 5.52. The molecule has 20 heavy (non-hydrogen) atoms. The van der Waals surface area contributed by atoms with Crippen LogP contribution in [0.5, 0.6) is 0 Å². The van der Waals surface area contributed by atoms with Gasteiger partial charge in [-0.25, -0.2) is 0 Å². The van der Waals surface area contributed by atoms with Crippen molar-refractivity contribution in [1.82, 2.24) is 20.8 Å². The molecule has 0 bridgehead atoms. The Hall–Kier alpha value is -1.43. The maximum absolute atomic E-state index is 11.7. The number of carbonyl (C=O) groups is 1. The molecule has 1 aromatic heterocycles. The molecule has 0 radical (unpaired) electrons. The van der Waals surface area contributed by atoms with E-state index >= 15 is 0 Å². The molecular formula is C14H24N4O2. The summed E-state index contributed by atoms with van der Waals surface area (Å²) in [6.07, 6.45) is 3.19. The first-order valence-electron chi connectivity index (χ1n) is 7.45. The molecule has 1 amide bonds.